The second-order valence-corrected chi connectivity index (χ2v) is 8.79. The molecule has 0 unspecified atom stereocenters. The summed E-state index contributed by atoms with van der Waals surface area (Å²) in [5.41, 5.74) is 2.81. The fraction of sp³-hybridized carbons (Fsp3) is 0.381. The molecule has 28 heavy (non-hydrogen) atoms. The van der Waals surface area contributed by atoms with Crippen LogP contribution in [-0.2, 0) is 23.0 Å². The molecular formula is C21H27N3O3S. The number of nitrogens with one attached hydrogen (secondary N) is 1. The van der Waals surface area contributed by atoms with Gasteiger partial charge in [0.15, 0.2) is 0 Å². The lowest BCUT2D eigenvalue weighted by Gasteiger charge is -2.26. The van der Waals surface area contributed by atoms with E-state index in [1.165, 1.54) is 37.0 Å². The number of carbonyl (C=O) groups excluding carboxylic acids is 1. The molecule has 1 aliphatic heterocycles. The van der Waals surface area contributed by atoms with Crippen molar-refractivity contribution in [2.45, 2.75) is 37.1 Å². The third kappa shape index (κ3) is 5.89. The smallest absolute Gasteiger partial charge is 0.251 e. The minimum Gasteiger partial charge on any atom is -0.352 e. The summed E-state index contributed by atoms with van der Waals surface area (Å²) in [6.07, 6.45) is 4.48. The van der Waals surface area contributed by atoms with Gasteiger partial charge in [0, 0.05) is 18.7 Å². The summed E-state index contributed by atoms with van der Waals surface area (Å²) < 4.78 is 22.5. The molecular weight excluding hydrogens is 374 g/mol. The van der Waals surface area contributed by atoms with Crippen molar-refractivity contribution in [2.24, 2.45) is 5.14 Å². The van der Waals surface area contributed by atoms with Crippen LogP contribution >= 0.6 is 0 Å². The normalized spacial score (nSPS) is 15.3. The number of nitrogens with zero attached hydrogens (tertiary/aromatic N) is 1. The molecule has 3 N–H and O–H groups in total. The number of hydrogen-bond donors (Lipinski definition) is 2. The molecule has 0 spiro atoms. The minimum absolute atomic E-state index is 0.0879. The van der Waals surface area contributed by atoms with Crippen LogP contribution in [0.4, 0.5) is 0 Å². The number of nitrogens with two attached hydrogens (primary N) is 1. The number of amides is 1. The third-order valence-corrected chi connectivity index (χ3v) is 5.95. The van der Waals surface area contributed by atoms with Crippen LogP contribution in [0.25, 0.3) is 0 Å². The summed E-state index contributed by atoms with van der Waals surface area (Å²) in [4.78, 5) is 14.9. The molecule has 7 heteroatoms. The summed E-state index contributed by atoms with van der Waals surface area (Å²) in [6, 6.07) is 14.2. The molecule has 1 amide bonds. The molecule has 0 aliphatic carbocycles. The fourth-order valence-corrected chi connectivity index (χ4v) is 3.92. The summed E-state index contributed by atoms with van der Waals surface area (Å²) in [6.45, 7) is 3.72. The van der Waals surface area contributed by atoms with Crippen molar-refractivity contribution in [2.75, 3.05) is 19.6 Å². The van der Waals surface area contributed by atoms with Crippen LogP contribution in [0.5, 0.6) is 0 Å². The standard InChI is InChI=1S/C21H27N3O3S/c22-28(26,27)20-10-6-17(7-11-20)12-13-23-21(25)19-8-4-18(5-9-19)16-24-14-2-1-3-15-24/h4-11H,1-3,12-16H2,(H,23,25)(H2,22,26,27). The van der Waals surface area contributed by atoms with Crippen LogP contribution in [0.3, 0.4) is 0 Å². The molecule has 6 nitrogen and oxygen atoms in total. The number of piperidine rings is 1. The fourth-order valence-electron chi connectivity index (χ4n) is 3.41. The summed E-state index contributed by atoms with van der Waals surface area (Å²) in [7, 11) is -3.68. The van der Waals surface area contributed by atoms with Gasteiger partial charge in [-0.1, -0.05) is 30.7 Å². The molecule has 0 aromatic heterocycles. The Morgan fingerprint density at radius 3 is 2.14 bits per heavy atom. The molecule has 2 aromatic carbocycles. The second-order valence-electron chi connectivity index (χ2n) is 7.23. The van der Waals surface area contributed by atoms with E-state index in [-0.39, 0.29) is 10.8 Å². The minimum atomic E-state index is -3.68. The highest BCUT2D eigenvalue weighted by atomic mass is 32.2. The first-order valence-electron chi connectivity index (χ1n) is 9.63. The molecule has 0 saturated carbocycles. The lowest BCUT2D eigenvalue weighted by Crippen LogP contribution is -2.29. The number of hydrogen-bond acceptors (Lipinski definition) is 4. The molecule has 0 radical (unpaired) electrons. The van der Waals surface area contributed by atoms with E-state index in [4.69, 9.17) is 5.14 Å². The number of rotatable bonds is 7. The van der Waals surface area contributed by atoms with Crippen LogP contribution in [0, 0.1) is 0 Å². The number of primary sulfonamides is 1. The number of sulfonamides is 1. The van der Waals surface area contributed by atoms with Gasteiger partial charge in [-0.05, 0) is 67.7 Å². The predicted octanol–water partition coefficient (Wildman–Crippen LogP) is 2.29. The van der Waals surface area contributed by atoms with Gasteiger partial charge >= 0.3 is 0 Å². The van der Waals surface area contributed by atoms with Gasteiger partial charge in [-0.15, -0.1) is 0 Å². The summed E-state index contributed by atoms with van der Waals surface area (Å²) in [5.74, 6) is -0.106. The lowest BCUT2D eigenvalue weighted by molar-refractivity contribution is 0.0954. The van der Waals surface area contributed by atoms with E-state index in [2.05, 4.69) is 10.2 Å². The maximum atomic E-state index is 12.3. The van der Waals surface area contributed by atoms with Crippen molar-refractivity contribution in [1.29, 1.82) is 0 Å². The SMILES string of the molecule is NS(=O)(=O)c1ccc(CCNC(=O)c2ccc(CN3CCCCC3)cc2)cc1. The van der Waals surface area contributed by atoms with Crippen molar-refractivity contribution < 1.29 is 13.2 Å². The maximum Gasteiger partial charge on any atom is 0.251 e. The summed E-state index contributed by atoms with van der Waals surface area (Å²) >= 11 is 0. The Morgan fingerprint density at radius 1 is 0.929 bits per heavy atom. The Labute approximate surface area is 166 Å². The van der Waals surface area contributed by atoms with Crippen molar-refractivity contribution in [1.82, 2.24) is 10.2 Å². The number of carbonyl (C=O) groups is 1. The quantitative estimate of drug-likeness (QED) is 0.745. The van der Waals surface area contributed by atoms with Gasteiger partial charge in [-0.2, -0.15) is 0 Å². The van der Waals surface area contributed by atoms with E-state index in [0.29, 0.717) is 18.5 Å². The van der Waals surface area contributed by atoms with Gasteiger partial charge < -0.3 is 5.32 Å². The predicted molar refractivity (Wildman–Crippen MR) is 109 cm³/mol. The molecule has 1 saturated heterocycles. The van der Waals surface area contributed by atoms with Crippen LogP contribution in [-0.4, -0.2) is 38.9 Å². The zero-order chi connectivity index (χ0) is 20.0. The Balaban J connectivity index is 1.46. The van der Waals surface area contributed by atoms with Gasteiger partial charge in [0.1, 0.15) is 0 Å². The highest BCUT2D eigenvalue weighted by Crippen LogP contribution is 2.14. The Bertz CT molecular complexity index is 887. The van der Waals surface area contributed by atoms with E-state index in [1.807, 2.05) is 24.3 Å². The van der Waals surface area contributed by atoms with E-state index in [9.17, 15) is 13.2 Å². The zero-order valence-electron chi connectivity index (χ0n) is 15.9. The van der Waals surface area contributed by atoms with E-state index in [1.54, 1.807) is 12.1 Å². The Morgan fingerprint density at radius 2 is 1.54 bits per heavy atom. The molecule has 1 fully saturated rings. The van der Waals surface area contributed by atoms with Crippen LogP contribution in [0.15, 0.2) is 53.4 Å². The molecule has 2 aromatic rings. The molecule has 0 atom stereocenters. The van der Waals surface area contributed by atoms with Gasteiger partial charge in [0.25, 0.3) is 5.91 Å². The molecule has 150 valence electrons. The highest BCUT2D eigenvalue weighted by molar-refractivity contribution is 7.89. The highest BCUT2D eigenvalue weighted by Gasteiger charge is 2.11. The average Bonchev–Trinajstić information content (AvgIpc) is 2.69. The number of benzene rings is 2. The van der Waals surface area contributed by atoms with Crippen molar-refractivity contribution in [3.63, 3.8) is 0 Å². The first kappa shape index (κ1) is 20.5. The lowest BCUT2D eigenvalue weighted by atomic mass is 10.1. The first-order chi connectivity index (χ1) is 13.4. The summed E-state index contributed by atoms with van der Waals surface area (Å²) in [5, 5.41) is 7.99. The van der Waals surface area contributed by atoms with Gasteiger partial charge in [-0.25, -0.2) is 13.6 Å². The van der Waals surface area contributed by atoms with Gasteiger partial charge in [0.05, 0.1) is 4.90 Å². The molecule has 3 rings (SSSR count). The monoisotopic (exact) mass is 401 g/mol. The zero-order valence-corrected chi connectivity index (χ0v) is 16.7. The molecule has 0 bridgehead atoms. The molecule has 1 heterocycles. The van der Waals surface area contributed by atoms with E-state index < -0.39 is 10.0 Å². The van der Waals surface area contributed by atoms with E-state index in [0.717, 1.165) is 25.2 Å². The van der Waals surface area contributed by atoms with Crippen molar-refractivity contribution in [3.8, 4) is 0 Å². The Kier molecular flexibility index (Phi) is 6.83. The average molecular weight is 402 g/mol. The molecule has 1 aliphatic rings. The van der Waals surface area contributed by atoms with Crippen molar-refractivity contribution >= 4 is 15.9 Å². The number of likely N-dealkylation sites (tertiary alicyclic amines) is 1. The van der Waals surface area contributed by atoms with Gasteiger partial charge in [-0.3, -0.25) is 9.69 Å². The van der Waals surface area contributed by atoms with Crippen LogP contribution in [0.2, 0.25) is 0 Å². The van der Waals surface area contributed by atoms with Crippen LogP contribution in [0.1, 0.15) is 40.7 Å². The van der Waals surface area contributed by atoms with Gasteiger partial charge in [0.2, 0.25) is 10.0 Å². The van der Waals surface area contributed by atoms with Crippen molar-refractivity contribution in [3.05, 3.63) is 65.2 Å². The van der Waals surface area contributed by atoms with Crippen LogP contribution < -0.4 is 10.5 Å². The Hall–Kier alpha value is -2.22. The topological polar surface area (TPSA) is 92.5 Å². The third-order valence-electron chi connectivity index (χ3n) is 5.02. The maximum absolute atomic E-state index is 12.3. The largest absolute Gasteiger partial charge is 0.352 e. The van der Waals surface area contributed by atoms with E-state index >= 15 is 0 Å². The first-order valence-corrected chi connectivity index (χ1v) is 11.2. The second kappa shape index (κ2) is 9.32.